The molecule has 0 bridgehead atoms. The van der Waals surface area contributed by atoms with Gasteiger partial charge in [-0.05, 0) is 39.8 Å². The Kier molecular flexibility index (Phi) is 4.45. The van der Waals surface area contributed by atoms with Gasteiger partial charge in [-0.25, -0.2) is 0 Å². The van der Waals surface area contributed by atoms with Gasteiger partial charge in [0.15, 0.2) is 0 Å². The molecule has 0 aliphatic carbocycles. The number of aromatic nitrogens is 1. The number of hydrogen-bond donors (Lipinski definition) is 1. The monoisotopic (exact) mass is 274 g/mol. The molecular weight excluding hydrogens is 252 g/mol. The fourth-order valence-electron chi connectivity index (χ4n) is 2.29. The zero-order valence-corrected chi connectivity index (χ0v) is 12.8. The first-order valence-electron chi connectivity index (χ1n) is 6.81. The van der Waals surface area contributed by atoms with E-state index in [1.54, 1.807) is 7.11 Å². The molecule has 0 spiro atoms. The van der Waals surface area contributed by atoms with Crippen LogP contribution in [0.2, 0.25) is 0 Å². The van der Waals surface area contributed by atoms with Crippen molar-refractivity contribution in [3.8, 4) is 5.75 Å². The zero-order valence-electron chi connectivity index (χ0n) is 12.8. The fraction of sp³-hybridized carbons (Fsp3) is 0.438. The Morgan fingerprint density at radius 2 is 2.05 bits per heavy atom. The second-order valence-corrected chi connectivity index (χ2v) is 5.10. The van der Waals surface area contributed by atoms with Crippen LogP contribution in [0.25, 0.3) is 0 Å². The molecule has 0 aliphatic heterocycles. The van der Waals surface area contributed by atoms with Gasteiger partial charge in [-0.15, -0.1) is 0 Å². The molecule has 1 atom stereocenters. The van der Waals surface area contributed by atoms with Crippen molar-refractivity contribution in [2.45, 2.75) is 40.3 Å². The molecule has 0 saturated carbocycles. The molecule has 0 aliphatic rings. The number of furan rings is 1. The number of hydrogen-bond acceptors (Lipinski definition) is 4. The average molecular weight is 274 g/mol. The standard InChI is InChI=1S/C16H22N2O2/c1-10-8-18-14(12(3)16(10)19-5)9-17-13(4)15-7-6-11(2)20-15/h6-8,13,17H,9H2,1-5H3. The van der Waals surface area contributed by atoms with E-state index in [9.17, 15) is 0 Å². The van der Waals surface area contributed by atoms with E-state index in [0.29, 0.717) is 6.54 Å². The Hall–Kier alpha value is -1.81. The number of nitrogens with zero attached hydrogens (tertiary/aromatic N) is 1. The van der Waals surface area contributed by atoms with Crippen molar-refractivity contribution in [2.24, 2.45) is 0 Å². The molecule has 0 fully saturated rings. The lowest BCUT2D eigenvalue weighted by molar-refractivity contribution is 0.402. The van der Waals surface area contributed by atoms with E-state index in [1.165, 1.54) is 0 Å². The number of pyridine rings is 1. The van der Waals surface area contributed by atoms with Crippen LogP contribution in [0.4, 0.5) is 0 Å². The van der Waals surface area contributed by atoms with Gasteiger partial charge in [0, 0.05) is 23.9 Å². The third-order valence-electron chi connectivity index (χ3n) is 3.51. The Bertz CT molecular complexity index is 590. The van der Waals surface area contributed by atoms with Crippen molar-refractivity contribution in [2.75, 3.05) is 7.11 Å². The molecule has 0 radical (unpaired) electrons. The maximum Gasteiger partial charge on any atom is 0.128 e. The zero-order chi connectivity index (χ0) is 14.7. The van der Waals surface area contributed by atoms with Crippen LogP contribution in [-0.2, 0) is 6.54 Å². The SMILES string of the molecule is COc1c(C)cnc(CNC(C)c2ccc(C)o2)c1C. The van der Waals surface area contributed by atoms with Crippen LogP contribution in [-0.4, -0.2) is 12.1 Å². The van der Waals surface area contributed by atoms with Gasteiger partial charge in [-0.1, -0.05) is 0 Å². The molecule has 2 aromatic rings. The van der Waals surface area contributed by atoms with Gasteiger partial charge in [0.05, 0.1) is 18.8 Å². The average Bonchev–Trinajstić information content (AvgIpc) is 2.85. The van der Waals surface area contributed by atoms with E-state index in [1.807, 2.05) is 39.1 Å². The van der Waals surface area contributed by atoms with Crippen LogP contribution >= 0.6 is 0 Å². The highest BCUT2D eigenvalue weighted by atomic mass is 16.5. The highest BCUT2D eigenvalue weighted by Gasteiger charge is 2.12. The molecule has 0 saturated heterocycles. The van der Waals surface area contributed by atoms with Gasteiger partial charge < -0.3 is 14.5 Å². The number of nitrogens with one attached hydrogen (secondary N) is 1. The Balaban J connectivity index is 2.07. The minimum Gasteiger partial charge on any atom is -0.496 e. The van der Waals surface area contributed by atoms with Gasteiger partial charge in [0.25, 0.3) is 0 Å². The third kappa shape index (κ3) is 3.02. The Morgan fingerprint density at radius 3 is 2.65 bits per heavy atom. The highest BCUT2D eigenvalue weighted by molar-refractivity contribution is 5.41. The fourth-order valence-corrected chi connectivity index (χ4v) is 2.29. The topological polar surface area (TPSA) is 47.3 Å². The largest absolute Gasteiger partial charge is 0.496 e. The van der Waals surface area contributed by atoms with Gasteiger partial charge >= 0.3 is 0 Å². The van der Waals surface area contributed by atoms with Gasteiger partial charge in [0.1, 0.15) is 17.3 Å². The van der Waals surface area contributed by atoms with Crippen molar-refractivity contribution in [1.29, 1.82) is 0 Å². The number of aryl methyl sites for hydroxylation is 2. The molecule has 2 heterocycles. The van der Waals surface area contributed by atoms with Crippen LogP contribution in [0.15, 0.2) is 22.7 Å². The summed E-state index contributed by atoms with van der Waals surface area (Å²) < 4.78 is 11.0. The smallest absolute Gasteiger partial charge is 0.128 e. The van der Waals surface area contributed by atoms with Crippen LogP contribution in [0.3, 0.4) is 0 Å². The normalized spacial score (nSPS) is 12.4. The maximum absolute atomic E-state index is 5.62. The highest BCUT2D eigenvalue weighted by Crippen LogP contribution is 2.24. The summed E-state index contributed by atoms with van der Waals surface area (Å²) >= 11 is 0. The summed E-state index contributed by atoms with van der Waals surface area (Å²) in [4.78, 5) is 4.48. The Labute approximate surface area is 120 Å². The van der Waals surface area contributed by atoms with E-state index in [2.05, 4.69) is 17.2 Å². The predicted octanol–water partition coefficient (Wildman–Crippen LogP) is 3.46. The number of ether oxygens (including phenoxy) is 1. The minimum absolute atomic E-state index is 0.150. The second kappa shape index (κ2) is 6.09. The van der Waals surface area contributed by atoms with Crippen molar-refractivity contribution in [1.82, 2.24) is 10.3 Å². The van der Waals surface area contributed by atoms with Gasteiger partial charge in [0.2, 0.25) is 0 Å². The van der Waals surface area contributed by atoms with E-state index in [4.69, 9.17) is 9.15 Å². The van der Waals surface area contributed by atoms with Gasteiger partial charge in [-0.2, -0.15) is 0 Å². The summed E-state index contributed by atoms with van der Waals surface area (Å²) in [6.07, 6.45) is 1.85. The molecule has 2 rings (SSSR count). The predicted molar refractivity (Wildman–Crippen MR) is 79.0 cm³/mol. The van der Waals surface area contributed by atoms with Crippen LogP contribution in [0.1, 0.15) is 41.3 Å². The molecule has 0 amide bonds. The molecule has 20 heavy (non-hydrogen) atoms. The van der Waals surface area contributed by atoms with E-state index >= 15 is 0 Å². The molecular formula is C16H22N2O2. The summed E-state index contributed by atoms with van der Waals surface area (Å²) in [5.41, 5.74) is 3.15. The molecule has 4 heteroatoms. The summed E-state index contributed by atoms with van der Waals surface area (Å²) in [6.45, 7) is 8.76. The second-order valence-electron chi connectivity index (χ2n) is 5.10. The molecule has 1 N–H and O–H groups in total. The van der Waals surface area contributed by atoms with E-state index < -0.39 is 0 Å². The molecule has 0 aromatic carbocycles. The van der Waals surface area contributed by atoms with E-state index in [-0.39, 0.29) is 6.04 Å². The molecule has 1 unspecified atom stereocenters. The quantitative estimate of drug-likeness (QED) is 0.907. The number of rotatable bonds is 5. The van der Waals surface area contributed by atoms with Gasteiger partial charge in [-0.3, -0.25) is 4.98 Å². The summed E-state index contributed by atoms with van der Waals surface area (Å²) in [6, 6.07) is 4.13. The molecule has 108 valence electrons. The summed E-state index contributed by atoms with van der Waals surface area (Å²) in [5.74, 6) is 2.79. The van der Waals surface area contributed by atoms with Crippen LogP contribution in [0, 0.1) is 20.8 Å². The first-order valence-corrected chi connectivity index (χ1v) is 6.81. The Morgan fingerprint density at radius 1 is 1.30 bits per heavy atom. The van der Waals surface area contributed by atoms with Crippen LogP contribution < -0.4 is 10.1 Å². The van der Waals surface area contributed by atoms with Crippen molar-refractivity contribution < 1.29 is 9.15 Å². The first kappa shape index (κ1) is 14.6. The minimum atomic E-state index is 0.150. The maximum atomic E-state index is 5.62. The van der Waals surface area contributed by atoms with Crippen molar-refractivity contribution in [3.63, 3.8) is 0 Å². The summed E-state index contributed by atoms with van der Waals surface area (Å²) in [5, 5.41) is 3.43. The van der Waals surface area contributed by atoms with Crippen LogP contribution in [0.5, 0.6) is 5.75 Å². The molecule has 4 nitrogen and oxygen atoms in total. The lowest BCUT2D eigenvalue weighted by Crippen LogP contribution is -2.19. The lowest BCUT2D eigenvalue weighted by Gasteiger charge is -2.15. The van der Waals surface area contributed by atoms with Crippen molar-refractivity contribution >= 4 is 0 Å². The van der Waals surface area contributed by atoms with Crippen molar-refractivity contribution in [3.05, 3.63) is 46.7 Å². The third-order valence-corrected chi connectivity index (χ3v) is 3.51. The first-order chi connectivity index (χ1) is 9.52. The number of methoxy groups -OCH3 is 1. The van der Waals surface area contributed by atoms with E-state index in [0.717, 1.165) is 34.1 Å². The summed E-state index contributed by atoms with van der Waals surface area (Å²) in [7, 11) is 1.70. The lowest BCUT2D eigenvalue weighted by atomic mass is 10.1. The molecule has 2 aromatic heterocycles.